The fourth-order valence-electron chi connectivity index (χ4n) is 5.57. The number of nitrogen functional groups attached to an aromatic ring is 1. The van der Waals surface area contributed by atoms with E-state index in [1.165, 1.54) is 23.1 Å². The van der Waals surface area contributed by atoms with Crippen molar-refractivity contribution in [2.24, 2.45) is 0 Å². The molecule has 2 saturated heterocycles. The van der Waals surface area contributed by atoms with Crippen LogP contribution in [-0.4, -0.2) is 89.6 Å². The Morgan fingerprint density at radius 1 is 1.07 bits per heavy atom. The van der Waals surface area contributed by atoms with Crippen LogP contribution in [-0.2, 0) is 4.79 Å². The second-order valence-corrected chi connectivity index (χ2v) is 11.6. The number of piperidine rings is 1. The van der Waals surface area contributed by atoms with Gasteiger partial charge in [0.25, 0.3) is 5.91 Å². The average molecular weight is 631 g/mol. The van der Waals surface area contributed by atoms with Gasteiger partial charge in [0.1, 0.15) is 11.9 Å². The molecule has 0 bridgehead atoms. The minimum absolute atomic E-state index is 0.0346. The highest BCUT2D eigenvalue weighted by Gasteiger charge is 2.29. The summed E-state index contributed by atoms with van der Waals surface area (Å²) in [5.74, 6) is -0.474. The number of hydrogen-bond donors (Lipinski definition) is 1. The molecule has 2 amide bonds. The number of halogens is 3. The minimum atomic E-state index is -0.795. The SMILES string of the molecule is C[C@@H](Oc1cc(N(C=O)c2ccc(C(=O)N3CCC(N4CCN(C)CC4)CC3)cc2)nnc1N)c1c(Cl)ccc(F)c1Cl. The Morgan fingerprint density at radius 2 is 1.74 bits per heavy atom. The molecular weight excluding hydrogens is 596 g/mol. The van der Waals surface area contributed by atoms with Gasteiger partial charge in [-0.1, -0.05) is 23.2 Å². The van der Waals surface area contributed by atoms with E-state index in [2.05, 4.69) is 27.0 Å². The van der Waals surface area contributed by atoms with E-state index in [1.807, 2.05) is 4.90 Å². The van der Waals surface area contributed by atoms with Gasteiger partial charge in [-0.05, 0) is 63.2 Å². The van der Waals surface area contributed by atoms with Crippen LogP contribution in [0.1, 0.15) is 41.8 Å². The zero-order chi connectivity index (χ0) is 30.7. The molecule has 2 aliphatic heterocycles. The van der Waals surface area contributed by atoms with Crippen LogP contribution in [0.5, 0.6) is 5.75 Å². The van der Waals surface area contributed by atoms with Crippen LogP contribution in [0.25, 0.3) is 0 Å². The molecular formula is C30H34Cl2FN7O3. The van der Waals surface area contributed by atoms with Crippen LogP contribution in [0.2, 0.25) is 10.0 Å². The number of likely N-dealkylation sites (tertiary alicyclic amines) is 1. The lowest BCUT2D eigenvalue weighted by atomic mass is 10.0. The molecule has 2 fully saturated rings. The molecule has 0 spiro atoms. The Hall–Kier alpha value is -3.51. The summed E-state index contributed by atoms with van der Waals surface area (Å²) in [6, 6.07) is 11.2. The Morgan fingerprint density at radius 3 is 2.40 bits per heavy atom. The second kappa shape index (κ2) is 13.4. The van der Waals surface area contributed by atoms with Gasteiger partial charge < -0.3 is 20.3 Å². The number of carbonyl (C=O) groups is 2. The first-order valence-electron chi connectivity index (χ1n) is 14.2. The standard InChI is InChI=1S/C30H34Cl2FN7O3/c1-19(27-23(31)7-8-24(33)28(27)32)43-25-17-26(35-36-29(25)34)40(18-41)22-5-3-20(4-6-22)30(42)39-11-9-21(10-12-39)38-15-13-37(2)14-16-38/h3-8,17-19,21H,9-16H2,1-2H3,(H2,34,36)/t19-/m1/s1. The number of carbonyl (C=O) groups excluding carboxylic acids is 2. The van der Waals surface area contributed by atoms with Crippen molar-refractivity contribution < 1.29 is 18.7 Å². The molecule has 0 saturated carbocycles. The monoisotopic (exact) mass is 629 g/mol. The van der Waals surface area contributed by atoms with Gasteiger partial charge in [-0.3, -0.25) is 19.4 Å². The Labute approximate surface area is 260 Å². The maximum absolute atomic E-state index is 14.1. The molecule has 228 valence electrons. The third-order valence-corrected chi connectivity index (χ3v) is 8.83. The van der Waals surface area contributed by atoms with Crippen molar-refractivity contribution in [3.8, 4) is 5.75 Å². The molecule has 10 nitrogen and oxygen atoms in total. The Bertz CT molecular complexity index is 1460. The Kier molecular flexibility index (Phi) is 9.65. The van der Waals surface area contributed by atoms with Gasteiger partial charge in [-0.2, -0.15) is 0 Å². The van der Waals surface area contributed by atoms with Crippen LogP contribution < -0.4 is 15.4 Å². The summed E-state index contributed by atoms with van der Waals surface area (Å²) in [6.07, 6.45) is 1.70. The first-order valence-corrected chi connectivity index (χ1v) is 14.9. The number of likely N-dealkylation sites (N-methyl/N-ethyl adjacent to an activating group) is 1. The maximum Gasteiger partial charge on any atom is 0.253 e. The lowest BCUT2D eigenvalue weighted by molar-refractivity contribution is -0.106. The van der Waals surface area contributed by atoms with Gasteiger partial charge in [-0.15, -0.1) is 10.2 Å². The van der Waals surface area contributed by atoms with Crippen molar-refractivity contribution in [2.45, 2.75) is 31.9 Å². The number of anilines is 3. The lowest BCUT2D eigenvalue weighted by Crippen LogP contribution is -2.52. The first-order chi connectivity index (χ1) is 20.7. The van der Waals surface area contributed by atoms with E-state index in [0.717, 1.165) is 39.0 Å². The molecule has 1 atom stereocenters. The van der Waals surface area contributed by atoms with Crippen molar-refractivity contribution in [3.63, 3.8) is 0 Å². The molecule has 0 radical (unpaired) electrons. The first kappa shape index (κ1) is 30.9. The van der Waals surface area contributed by atoms with Gasteiger partial charge in [0.05, 0.1) is 10.7 Å². The number of piperazine rings is 1. The number of ether oxygens (including phenoxy) is 1. The van der Waals surface area contributed by atoms with E-state index < -0.39 is 11.9 Å². The van der Waals surface area contributed by atoms with E-state index in [4.69, 9.17) is 33.7 Å². The fourth-order valence-corrected chi connectivity index (χ4v) is 6.24. The molecule has 1 aromatic heterocycles. The third-order valence-electron chi connectivity index (χ3n) is 8.11. The van der Waals surface area contributed by atoms with Gasteiger partial charge >= 0.3 is 0 Å². The minimum Gasteiger partial charge on any atom is -0.482 e. The number of nitrogens with zero attached hydrogens (tertiary/aromatic N) is 6. The van der Waals surface area contributed by atoms with E-state index in [-0.39, 0.29) is 38.9 Å². The quantitative estimate of drug-likeness (QED) is 0.280. The predicted octanol–water partition coefficient (Wildman–Crippen LogP) is 4.79. The molecule has 43 heavy (non-hydrogen) atoms. The van der Waals surface area contributed by atoms with Gasteiger partial charge in [0, 0.05) is 67.5 Å². The van der Waals surface area contributed by atoms with Crippen LogP contribution in [0.4, 0.5) is 21.7 Å². The predicted molar refractivity (Wildman–Crippen MR) is 165 cm³/mol. The van der Waals surface area contributed by atoms with Crippen molar-refractivity contribution in [1.29, 1.82) is 0 Å². The number of rotatable bonds is 8. The summed E-state index contributed by atoms with van der Waals surface area (Å²) < 4.78 is 20.0. The Balaban J connectivity index is 1.25. The summed E-state index contributed by atoms with van der Waals surface area (Å²) >= 11 is 12.4. The highest BCUT2D eigenvalue weighted by Crippen LogP contribution is 2.37. The van der Waals surface area contributed by atoms with Crippen LogP contribution >= 0.6 is 23.2 Å². The zero-order valence-corrected chi connectivity index (χ0v) is 25.6. The number of amides is 2. The normalized spacial score (nSPS) is 17.5. The largest absolute Gasteiger partial charge is 0.482 e. The topological polar surface area (TPSA) is 108 Å². The molecule has 2 aromatic carbocycles. The fraction of sp³-hybridized carbons (Fsp3) is 0.400. The molecule has 5 rings (SSSR count). The van der Waals surface area contributed by atoms with Crippen LogP contribution in [0.15, 0.2) is 42.5 Å². The average Bonchev–Trinajstić information content (AvgIpc) is 3.01. The number of aromatic nitrogens is 2. The van der Waals surface area contributed by atoms with Crippen molar-refractivity contribution in [2.75, 3.05) is 56.9 Å². The molecule has 2 N–H and O–H groups in total. The van der Waals surface area contributed by atoms with E-state index >= 15 is 0 Å². The molecule has 3 aromatic rings. The highest BCUT2D eigenvalue weighted by atomic mass is 35.5. The molecule has 2 aliphatic rings. The molecule has 0 aliphatic carbocycles. The summed E-state index contributed by atoms with van der Waals surface area (Å²) in [5.41, 5.74) is 7.24. The molecule has 0 unspecified atom stereocenters. The summed E-state index contributed by atoms with van der Waals surface area (Å²) in [5, 5.41) is 8.03. The van der Waals surface area contributed by atoms with E-state index in [9.17, 15) is 14.0 Å². The zero-order valence-electron chi connectivity index (χ0n) is 24.0. The molecule has 13 heteroatoms. The van der Waals surface area contributed by atoms with E-state index in [0.29, 0.717) is 36.8 Å². The summed E-state index contributed by atoms with van der Waals surface area (Å²) in [7, 11) is 2.15. The number of hydrogen-bond acceptors (Lipinski definition) is 8. The summed E-state index contributed by atoms with van der Waals surface area (Å²) in [4.78, 5) is 33.4. The van der Waals surface area contributed by atoms with Crippen molar-refractivity contribution >= 4 is 52.8 Å². The van der Waals surface area contributed by atoms with E-state index in [1.54, 1.807) is 31.2 Å². The van der Waals surface area contributed by atoms with Crippen molar-refractivity contribution in [3.05, 3.63) is 69.5 Å². The highest BCUT2D eigenvalue weighted by molar-refractivity contribution is 6.36. The van der Waals surface area contributed by atoms with Gasteiger partial charge in [-0.25, -0.2) is 4.39 Å². The van der Waals surface area contributed by atoms with Gasteiger partial charge in [0.2, 0.25) is 6.41 Å². The lowest BCUT2D eigenvalue weighted by Gasteiger charge is -2.42. The number of nitrogens with two attached hydrogens (primary N) is 1. The van der Waals surface area contributed by atoms with Crippen LogP contribution in [0.3, 0.4) is 0 Å². The number of benzene rings is 2. The molecule has 3 heterocycles. The third kappa shape index (κ3) is 6.85. The second-order valence-electron chi connectivity index (χ2n) is 10.9. The van der Waals surface area contributed by atoms with Crippen LogP contribution in [0, 0.1) is 5.82 Å². The van der Waals surface area contributed by atoms with Gasteiger partial charge in [0.15, 0.2) is 17.4 Å². The maximum atomic E-state index is 14.1. The summed E-state index contributed by atoms with van der Waals surface area (Å²) in [6.45, 7) is 7.37. The van der Waals surface area contributed by atoms with Crippen molar-refractivity contribution in [1.82, 2.24) is 24.9 Å². The smallest absolute Gasteiger partial charge is 0.253 e.